The Morgan fingerprint density at radius 2 is 2.10 bits per heavy atom. The van der Waals surface area contributed by atoms with Gasteiger partial charge in [0.25, 0.3) is 0 Å². The van der Waals surface area contributed by atoms with E-state index in [1.165, 1.54) is 17.7 Å². The molecule has 0 spiro atoms. The first kappa shape index (κ1) is 16.9. The first-order valence-corrected chi connectivity index (χ1v) is 9.04. The van der Waals surface area contributed by atoms with Crippen molar-refractivity contribution in [2.75, 3.05) is 26.7 Å². The summed E-state index contributed by atoms with van der Waals surface area (Å²) in [5.74, 6) is 0.708. The van der Waals surface area contributed by atoms with Crippen LogP contribution >= 0.6 is 11.3 Å². The quantitative estimate of drug-likeness (QED) is 0.795. The van der Waals surface area contributed by atoms with Gasteiger partial charge in [-0.05, 0) is 50.7 Å². The Morgan fingerprint density at radius 3 is 2.76 bits per heavy atom. The molecular formula is C17H30N2OS. The van der Waals surface area contributed by atoms with Crippen LogP contribution in [0.15, 0.2) is 17.5 Å². The fraction of sp³-hybridized carbons (Fsp3) is 0.765. The Bertz CT molecular complexity index is 394. The molecule has 1 N–H and O–H groups in total. The van der Waals surface area contributed by atoms with Crippen LogP contribution in [0.5, 0.6) is 0 Å². The van der Waals surface area contributed by atoms with Gasteiger partial charge in [0.15, 0.2) is 0 Å². The summed E-state index contributed by atoms with van der Waals surface area (Å²) in [6, 6.07) is 4.83. The lowest BCUT2D eigenvalue weighted by Crippen LogP contribution is -2.33. The van der Waals surface area contributed by atoms with Crippen LogP contribution in [-0.2, 0) is 4.74 Å². The molecule has 0 bridgehead atoms. The van der Waals surface area contributed by atoms with E-state index >= 15 is 0 Å². The SMILES string of the molecule is CC(C)CNCC1CCC(CN(C)C(C)c2cccs2)O1. The Kier molecular flexibility index (Phi) is 6.68. The molecule has 0 aromatic carbocycles. The minimum atomic E-state index is 0.392. The van der Waals surface area contributed by atoms with Crippen molar-refractivity contribution < 1.29 is 4.74 Å². The van der Waals surface area contributed by atoms with Gasteiger partial charge in [0, 0.05) is 24.0 Å². The average molecular weight is 311 g/mol. The summed E-state index contributed by atoms with van der Waals surface area (Å²) >= 11 is 1.84. The smallest absolute Gasteiger partial charge is 0.0707 e. The van der Waals surface area contributed by atoms with Crippen LogP contribution in [0, 0.1) is 5.92 Å². The zero-order chi connectivity index (χ0) is 15.2. The highest BCUT2D eigenvalue weighted by molar-refractivity contribution is 7.10. The van der Waals surface area contributed by atoms with Crippen LogP contribution in [0.25, 0.3) is 0 Å². The lowest BCUT2D eigenvalue weighted by atomic mass is 10.1. The maximum Gasteiger partial charge on any atom is 0.0707 e. The number of hydrogen-bond donors (Lipinski definition) is 1. The molecule has 1 aromatic heterocycles. The van der Waals surface area contributed by atoms with Crippen LogP contribution in [0.3, 0.4) is 0 Å². The molecule has 1 aliphatic heterocycles. The van der Waals surface area contributed by atoms with Gasteiger partial charge < -0.3 is 10.1 Å². The van der Waals surface area contributed by atoms with Gasteiger partial charge >= 0.3 is 0 Å². The van der Waals surface area contributed by atoms with Crippen molar-refractivity contribution in [2.45, 2.75) is 51.9 Å². The van der Waals surface area contributed by atoms with Crippen molar-refractivity contribution in [2.24, 2.45) is 5.92 Å². The molecule has 120 valence electrons. The second-order valence-electron chi connectivity index (χ2n) is 6.64. The fourth-order valence-electron chi connectivity index (χ4n) is 2.82. The topological polar surface area (TPSA) is 24.5 Å². The summed E-state index contributed by atoms with van der Waals surface area (Å²) in [7, 11) is 2.21. The van der Waals surface area contributed by atoms with Gasteiger partial charge in [0.1, 0.15) is 0 Å². The molecule has 3 atom stereocenters. The molecule has 0 radical (unpaired) electrons. The summed E-state index contributed by atoms with van der Waals surface area (Å²) in [4.78, 5) is 3.85. The summed E-state index contributed by atoms with van der Waals surface area (Å²) < 4.78 is 6.18. The Morgan fingerprint density at radius 1 is 1.33 bits per heavy atom. The standard InChI is InChI=1S/C17H30N2OS/c1-13(2)10-18-11-15-7-8-16(20-15)12-19(4)14(3)17-6-5-9-21-17/h5-6,9,13-16,18H,7-8,10-12H2,1-4H3. The van der Waals surface area contributed by atoms with Gasteiger partial charge in [0.05, 0.1) is 12.2 Å². The largest absolute Gasteiger partial charge is 0.372 e. The van der Waals surface area contributed by atoms with Crippen molar-refractivity contribution in [1.29, 1.82) is 0 Å². The third-order valence-corrected chi connectivity index (χ3v) is 5.27. The maximum absolute atomic E-state index is 6.18. The molecule has 3 nitrogen and oxygen atoms in total. The second kappa shape index (κ2) is 8.28. The predicted molar refractivity (Wildman–Crippen MR) is 91.0 cm³/mol. The molecule has 1 saturated heterocycles. The number of thiophene rings is 1. The lowest BCUT2D eigenvalue weighted by Gasteiger charge is -2.26. The van der Waals surface area contributed by atoms with E-state index in [2.05, 4.69) is 55.5 Å². The van der Waals surface area contributed by atoms with E-state index in [1.807, 2.05) is 11.3 Å². The van der Waals surface area contributed by atoms with E-state index in [0.29, 0.717) is 24.2 Å². The molecule has 1 aromatic rings. The molecule has 21 heavy (non-hydrogen) atoms. The number of rotatable bonds is 8. The van der Waals surface area contributed by atoms with Gasteiger partial charge in [-0.15, -0.1) is 11.3 Å². The molecule has 2 heterocycles. The monoisotopic (exact) mass is 310 g/mol. The second-order valence-corrected chi connectivity index (χ2v) is 7.62. The molecular weight excluding hydrogens is 280 g/mol. The zero-order valence-electron chi connectivity index (χ0n) is 13.8. The van der Waals surface area contributed by atoms with Crippen LogP contribution in [0.1, 0.15) is 44.5 Å². The minimum Gasteiger partial charge on any atom is -0.372 e. The van der Waals surface area contributed by atoms with E-state index in [9.17, 15) is 0 Å². The van der Waals surface area contributed by atoms with Crippen molar-refractivity contribution >= 4 is 11.3 Å². The normalized spacial score (nSPS) is 24.1. The molecule has 0 aliphatic carbocycles. The molecule has 1 fully saturated rings. The van der Waals surface area contributed by atoms with Crippen molar-refractivity contribution in [3.8, 4) is 0 Å². The summed E-state index contributed by atoms with van der Waals surface area (Å²) in [6.07, 6.45) is 3.18. The third-order valence-electron chi connectivity index (χ3n) is 4.23. The van der Waals surface area contributed by atoms with Crippen molar-refractivity contribution in [3.05, 3.63) is 22.4 Å². The number of nitrogens with one attached hydrogen (secondary N) is 1. The van der Waals surface area contributed by atoms with Crippen molar-refractivity contribution in [1.82, 2.24) is 10.2 Å². The molecule has 4 heteroatoms. The average Bonchev–Trinajstić information content (AvgIpc) is 3.09. The molecule has 2 rings (SSSR count). The Balaban J connectivity index is 1.69. The van der Waals surface area contributed by atoms with E-state index in [4.69, 9.17) is 4.74 Å². The summed E-state index contributed by atoms with van der Waals surface area (Å²) in [5.41, 5.74) is 0. The number of ether oxygens (including phenoxy) is 1. The summed E-state index contributed by atoms with van der Waals surface area (Å²) in [5, 5.41) is 5.66. The predicted octanol–water partition coefficient (Wildman–Crippen LogP) is 3.53. The molecule has 0 saturated carbocycles. The highest BCUT2D eigenvalue weighted by atomic mass is 32.1. The maximum atomic E-state index is 6.18. The lowest BCUT2D eigenvalue weighted by molar-refractivity contribution is 0.0218. The summed E-state index contributed by atoms with van der Waals surface area (Å²) in [6.45, 7) is 9.87. The van der Waals surface area contributed by atoms with Gasteiger partial charge in [-0.25, -0.2) is 0 Å². The highest BCUT2D eigenvalue weighted by Crippen LogP contribution is 2.26. The molecule has 0 amide bonds. The minimum absolute atomic E-state index is 0.392. The first-order chi connectivity index (χ1) is 10.1. The fourth-order valence-corrected chi connectivity index (χ4v) is 3.67. The zero-order valence-corrected chi connectivity index (χ0v) is 14.7. The number of likely N-dealkylation sites (N-methyl/N-ethyl adjacent to an activating group) is 1. The van der Waals surface area contributed by atoms with E-state index in [1.54, 1.807) is 0 Å². The molecule has 3 unspecified atom stereocenters. The van der Waals surface area contributed by atoms with Gasteiger partial charge in [-0.1, -0.05) is 19.9 Å². The first-order valence-electron chi connectivity index (χ1n) is 8.16. The molecule has 1 aliphatic rings. The Hall–Kier alpha value is -0.420. The highest BCUT2D eigenvalue weighted by Gasteiger charge is 2.27. The van der Waals surface area contributed by atoms with E-state index < -0.39 is 0 Å². The van der Waals surface area contributed by atoms with Gasteiger partial charge in [-0.3, -0.25) is 4.90 Å². The Labute approximate surface area is 133 Å². The van der Waals surface area contributed by atoms with Crippen LogP contribution in [0.4, 0.5) is 0 Å². The van der Waals surface area contributed by atoms with E-state index in [0.717, 1.165) is 19.6 Å². The van der Waals surface area contributed by atoms with Gasteiger partial charge in [-0.2, -0.15) is 0 Å². The van der Waals surface area contributed by atoms with E-state index in [-0.39, 0.29) is 0 Å². The van der Waals surface area contributed by atoms with Crippen LogP contribution < -0.4 is 5.32 Å². The number of nitrogens with zero attached hydrogens (tertiary/aromatic N) is 1. The van der Waals surface area contributed by atoms with Gasteiger partial charge in [0.2, 0.25) is 0 Å². The third kappa shape index (κ3) is 5.37. The van der Waals surface area contributed by atoms with Crippen LogP contribution in [-0.4, -0.2) is 43.8 Å². The number of hydrogen-bond acceptors (Lipinski definition) is 4. The van der Waals surface area contributed by atoms with Crippen LogP contribution in [0.2, 0.25) is 0 Å². The van der Waals surface area contributed by atoms with Crippen molar-refractivity contribution in [3.63, 3.8) is 0 Å².